The van der Waals surface area contributed by atoms with Crippen LogP contribution in [0.5, 0.6) is 5.75 Å². The van der Waals surface area contributed by atoms with Gasteiger partial charge >= 0.3 is 0 Å². The van der Waals surface area contributed by atoms with E-state index in [2.05, 4.69) is 5.32 Å². The van der Waals surface area contributed by atoms with E-state index < -0.39 is 11.9 Å². The molecule has 0 spiro atoms. The molecule has 1 N–H and O–H groups in total. The number of amides is 4. The Morgan fingerprint density at radius 2 is 1.77 bits per heavy atom. The van der Waals surface area contributed by atoms with Gasteiger partial charge in [-0.05, 0) is 36.2 Å². The van der Waals surface area contributed by atoms with Crippen molar-refractivity contribution in [3.63, 3.8) is 0 Å². The third-order valence-electron chi connectivity index (χ3n) is 5.99. The highest BCUT2D eigenvalue weighted by Gasteiger charge is 2.41. The lowest BCUT2D eigenvalue weighted by Gasteiger charge is -2.39. The summed E-state index contributed by atoms with van der Waals surface area (Å²) in [6.07, 6.45) is 0.418. The Balaban J connectivity index is 1.29. The molecule has 31 heavy (non-hydrogen) atoms. The van der Waals surface area contributed by atoms with Crippen LogP contribution in [-0.2, 0) is 16.1 Å². The predicted octanol–water partition coefficient (Wildman–Crippen LogP) is 1.35. The third kappa shape index (κ3) is 3.43. The van der Waals surface area contributed by atoms with Crippen molar-refractivity contribution in [1.29, 1.82) is 0 Å². The summed E-state index contributed by atoms with van der Waals surface area (Å²) in [5.41, 5.74) is 1.54. The maximum atomic E-state index is 13.1. The molecule has 5 rings (SSSR count). The minimum atomic E-state index is -0.701. The molecular formula is C23H21N3O5. The van der Waals surface area contributed by atoms with Crippen LogP contribution < -0.4 is 10.1 Å². The monoisotopic (exact) mass is 419 g/mol. The van der Waals surface area contributed by atoms with E-state index in [9.17, 15) is 19.2 Å². The van der Waals surface area contributed by atoms with Gasteiger partial charge in [0.15, 0.2) is 0 Å². The zero-order chi connectivity index (χ0) is 21.5. The first-order valence-corrected chi connectivity index (χ1v) is 10.3. The number of hydrogen-bond donors (Lipinski definition) is 1. The number of para-hydroxylation sites is 1. The van der Waals surface area contributed by atoms with Gasteiger partial charge in [0.2, 0.25) is 11.8 Å². The zero-order valence-electron chi connectivity index (χ0n) is 16.7. The molecule has 1 unspecified atom stereocenters. The number of carbonyl (C=O) groups excluding carboxylic acids is 4. The molecule has 2 aromatic carbocycles. The number of nitrogens with one attached hydrogen (secondary N) is 1. The number of piperidine rings is 1. The number of likely N-dealkylation sites (tertiary alicyclic amines) is 1. The molecule has 8 nitrogen and oxygen atoms in total. The second-order valence-corrected chi connectivity index (χ2v) is 7.99. The summed E-state index contributed by atoms with van der Waals surface area (Å²) < 4.78 is 5.86. The van der Waals surface area contributed by atoms with Crippen LogP contribution >= 0.6 is 0 Å². The highest BCUT2D eigenvalue weighted by atomic mass is 16.5. The average Bonchev–Trinajstić information content (AvgIpc) is 3.07. The van der Waals surface area contributed by atoms with Gasteiger partial charge in [-0.2, -0.15) is 0 Å². The van der Waals surface area contributed by atoms with Crippen molar-refractivity contribution in [3.05, 3.63) is 65.2 Å². The molecule has 0 saturated carbocycles. The lowest BCUT2D eigenvalue weighted by molar-refractivity contribution is -0.136. The van der Waals surface area contributed by atoms with E-state index in [1.807, 2.05) is 30.3 Å². The highest BCUT2D eigenvalue weighted by molar-refractivity contribution is 6.07. The summed E-state index contributed by atoms with van der Waals surface area (Å²) in [5.74, 6) is -0.457. The number of hydrogen-bond acceptors (Lipinski definition) is 5. The van der Waals surface area contributed by atoms with Crippen molar-refractivity contribution in [2.45, 2.75) is 31.5 Å². The van der Waals surface area contributed by atoms with Gasteiger partial charge in [0.25, 0.3) is 11.8 Å². The van der Waals surface area contributed by atoms with Crippen LogP contribution in [0.15, 0.2) is 48.5 Å². The molecule has 0 aliphatic carbocycles. The Morgan fingerprint density at radius 1 is 1.00 bits per heavy atom. The molecule has 0 bridgehead atoms. The van der Waals surface area contributed by atoms with Crippen LogP contribution in [0, 0.1) is 0 Å². The van der Waals surface area contributed by atoms with Gasteiger partial charge < -0.3 is 14.5 Å². The number of ether oxygens (including phenoxy) is 1. The molecule has 2 aromatic rings. The predicted molar refractivity (Wildman–Crippen MR) is 109 cm³/mol. The maximum Gasteiger partial charge on any atom is 0.255 e. The van der Waals surface area contributed by atoms with Gasteiger partial charge in [-0.1, -0.05) is 24.3 Å². The standard InChI is InChI=1S/C23H21N3O5/c27-20-10-9-19(21(28)24-20)26-13-18-16(7-4-8-17(18)23(26)30)22(29)25-11-15(12-25)31-14-5-2-1-3-6-14/h1-8,15,19H,9-13H2,(H,24,27,28). The molecule has 4 amide bonds. The van der Waals surface area contributed by atoms with Crippen LogP contribution in [-0.4, -0.2) is 58.7 Å². The van der Waals surface area contributed by atoms with E-state index >= 15 is 0 Å². The summed E-state index contributed by atoms with van der Waals surface area (Å²) >= 11 is 0. The largest absolute Gasteiger partial charge is 0.487 e. The number of fused-ring (bicyclic) bond motifs is 1. The summed E-state index contributed by atoms with van der Waals surface area (Å²) in [7, 11) is 0. The van der Waals surface area contributed by atoms with E-state index in [1.165, 1.54) is 4.90 Å². The Bertz CT molecular complexity index is 1080. The van der Waals surface area contributed by atoms with Crippen molar-refractivity contribution < 1.29 is 23.9 Å². The average molecular weight is 419 g/mol. The molecule has 3 aliphatic heterocycles. The van der Waals surface area contributed by atoms with Gasteiger partial charge in [0.05, 0.1) is 13.1 Å². The van der Waals surface area contributed by atoms with Crippen molar-refractivity contribution in [2.75, 3.05) is 13.1 Å². The van der Waals surface area contributed by atoms with Gasteiger partial charge in [-0.15, -0.1) is 0 Å². The molecular weight excluding hydrogens is 398 g/mol. The molecule has 3 heterocycles. The van der Waals surface area contributed by atoms with Crippen LogP contribution in [0.25, 0.3) is 0 Å². The van der Waals surface area contributed by atoms with Crippen molar-refractivity contribution in [3.8, 4) is 5.75 Å². The van der Waals surface area contributed by atoms with Crippen LogP contribution in [0.1, 0.15) is 39.1 Å². The van der Waals surface area contributed by atoms with Crippen LogP contribution in [0.3, 0.4) is 0 Å². The highest BCUT2D eigenvalue weighted by Crippen LogP contribution is 2.31. The van der Waals surface area contributed by atoms with E-state index in [0.29, 0.717) is 29.8 Å². The summed E-state index contributed by atoms with van der Waals surface area (Å²) in [5, 5.41) is 2.29. The number of nitrogens with zero attached hydrogens (tertiary/aromatic N) is 2. The fourth-order valence-corrected chi connectivity index (χ4v) is 4.33. The summed E-state index contributed by atoms with van der Waals surface area (Å²) in [4.78, 5) is 52.9. The van der Waals surface area contributed by atoms with E-state index in [4.69, 9.17) is 4.74 Å². The van der Waals surface area contributed by atoms with E-state index in [1.54, 1.807) is 23.1 Å². The molecule has 3 aliphatic rings. The van der Waals surface area contributed by atoms with Gasteiger partial charge in [0.1, 0.15) is 17.9 Å². The molecule has 158 valence electrons. The van der Waals surface area contributed by atoms with Crippen molar-refractivity contribution >= 4 is 23.6 Å². The SMILES string of the molecule is O=C1CCC(N2Cc3c(C(=O)N4CC(Oc5ccccc5)C4)cccc3C2=O)C(=O)N1. The molecule has 2 saturated heterocycles. The smallest absolute Gasteiger partial charge is 0.255 e. The quantitative estimate of drug-likeness (QED) is 0.755. The second kappa shape index (κ2) is 7.54. The normalized spacial score (nSPS) is 20.9. The fourth-order valence-electron chi connectivity index (χ4n) is 4.33. The van der Waals surface area contributed by atoms with Gasteiger partial charge in [-0.25, -0.2) is 0 Å². The van der Waals surface area contributed by atoms with Gasteiger partial charge in [-0.3, -0.25) is 24.5 Å². The summed E-state index contributed by atoms with van der Waals surface area (Å²) in [6.45, 7) is 1.13. The van der Waals surface area contributed by atoms with Crippen molar-refractivity contribution in [2.24, 2.45) is 0 Å². The topological polar surface area (TPSA) is 96.0 Å². The number of imide groups is 1. The third-order valence-corrected chi connectivity index (χ3v) is 5.99. The van der Waals surface area contributed by atoms with Crippen LogP contribution in [0.2, 0.25) is 0 Å². The number of carbonyl (C=O) groups is 4. The molecule has 1 atom stereocenters. The Hall–Kier alpha value is -3.68. The summed E-state index contributed by atoms with van der Waals surface area (Å²) in [6, 6.07) is 13.9. The maximum absolute atomic E-state index is 13.1. The first-order chi connectivity index (χ1) is 15.0. The molecule has 8 heteroatoms. The Labute approximate surface area is 178 Å². The molecule has 2 fully saturated rings. The minimum absolute atomic E-state index is 0.0651. The Morgan fingerprint density at radius 3 is 2.52 bits per heavy atom. The Kier molecular flexibility index (Phi) is 4.69. The fraction of sp³-hybridized carbons (Fsp3) is 0.304. The zero-order valence-corrected chi connectivity index (χ0v) is 16.7. The van der Waals surface area contributed by atoms with Crippen molar-refractivity contribution in [1.82, 2.24) is 15.1 Å². The van der Waals surface area contributed by atoms with Gasteiger partial charge in [0, 0.05) is 24.1 Å². The second-order valence-electron chi connectivity index (χ2n) is 7.99. The first kappa shape index (κ1) is 19.3. The first-order valence-electron chi connectivity index (χ1n) is 10.3. The number of benzene rings is 2. The van der Waals surface area contributed by atoms with E-state index in [0.717, 1.165) is 5.75 Å². The lowest BCUT2D eigenvalue weighted by Crippen LogP contribution is -2.56. The lowest BCUT2D eigenvalue weighted by atomic mass is 10.0. The number of rotatable bonds is 4. The van der Waals surface area contributed by atoms with E-state index in [-0.39, 0.29) is 43.2 Å². The molecule has 0 aromatic heterocycles. The minimum Gasteiger partial charge on any atom is -0.487 e. The van der Waals surface area contributed by atoms with Crippen LogP contribution in [0.4, 0.5) is 0 Å². The molecule has 0 radical (unpaired) electrons.